The van der Waals surface area contributed by atoms with Crippen LogP contribution in [-0.4, -0.2) is 6.79 Å². The largest absolute Gasteiger partial charge is 1.00 e. The smallest absolute Gasteiger partial charge is 1.00 e. The number of ether oxygens (including phenoxy) is 2. The van der Waals surface area contributed by atoms with Crippen molar-refractivity contribution in [2.45, 2.75) is 6.92 Å². The van der Waals surface area contributed by atoms with Crippen molar-refractivity contribution in [3.05, 3.63) is 23.8 Å². The van der Waals surface area contributed by atoms with Gasteiger partial charge in [-0.1, -0.05) is 6.07 Å². The summed E-state index contributed by atoms with van der Waals surface area (Å²) >= 11 is 0. The van der Waals surface area contributed by atoms with Crippen LogP contribution in [0.2, 0.25) is 0 Å². The van der Waals surface area contributed by atoms with Crippen LogP contribution < -0.4 is 60.9 Å². The molecule has 1 heterocycles. The van der Waals surface area contributed by atoms with E-state index in [1.807, 2.05) is 25.1 Å². The fraction of sp³-hybridized carbons (Fsp3) is 0.250. The van der Waals surface area contributed by atoms with Crippen LogP contribution in [0.15, 0.2) is 18.2 Å². The molecule has 0 unspecified atom stereocenters. The average Bonchev–Trinajstić information content (AvgIpc) is 2.33. The third-order valence-corrected chi connectivity index (χ3v) is 1.53. The molecule has 2 nitrogen and oxygen atoms in total. The SMILES string of the molecule is Cc1ccc2c(c1)OCO2.[H-].[K+]. The molecule has 11 heavy (non-hydrogen) atoms. The summed E-state index contributed by atoms with van der Waals surface area (Å²) in [6, 6.07) is 5.91. The molecule has 0 fully saturated rings. The Hall–Kier alpha value is 0.456. The summed E-state index contributed by atoms with van der Waals surface area (Å²) in [6.45, 7) is 2.39. The average molecular weight is 176 g/mol. The molecule has 1 aromatic rings. The molecule has 0 bridgehead atoms. The van der Waals surface area contributed by atoms with Gasteiger partial charge in [0.15, 0.2) is 11.5 Å². The normalized spacial score (nSPS) is 12.5. The first-order valence-electron chi connectivity index (χ1n) is 3.22. The second-order valence-electron chi connectivity index (χ2n) is 2.36. The number of hydrogen-bond donors (Lipinski definition) is 0. The molecule has 1 aromatic carbocycles. The quantitative estimate of drug-likeness (QED) is 0.464. The fourth-order valence-electron chi connectivity index (χ4n) is 1.00. The van der Waals surface area contributed by atoms with E-state index in [2.05, 4.69) is 0 Å². The number of aryl methyl sites for hydroxylation is 1. The van der Waals surface area contributed by atoms with Crippen molar-refractivity contribution in [1.82, 2.24) is 0 Å². The predicted octanol–water partition coefficient (Wildman–Crippen LogP) is -1.16. The van der Waals surface area contributed by atoms with E-state index in [-0.39, 0.29) is 52.8 Å². The minimum Gasteiger partial charge on any atom is -1.00 e. The summed E-state index contributed by atoms with van der Waals surface area (Å²) in [5.41, 5.74) is 1.20. The van der Waals surface area contributed by atoms with Gasteiger partial charge in [0, 0.05) is 0 Å². The molecule has 0 atom stereocenters. The Morgan fingerprint density at radius 2 is 2.00 bits per heavy atom. The van der Waals surface area contributed by atoms with Crippen LogP contribution in [0.4, 0.5) is 0 Å². The summed E-state index contributed by atoms with van der Waals surface area (Å²) in [5, 5.41) is 0. The second-order valence-corrected chi connectivity index (χ2v) is 2.36. The molecular formula is C8H9KO2. The summed E-state index contributed by atoms with van der Waals surface area (Å²) < 4.78 is 10.3. The minimum atomic E-state index is 0. The van der Waals surface area contributed by atoms with Crippen LogP contribution in [-0.2, 0) is 0 Å². The molecule has 0 radical (unpaired) electrons. The van der Waals surface area contributed by atoms with Gasteiger partial charge < -0.3 is 10.9 Å². The zero-order valence-corrected chi connectivity index (χ0v) is 9.88. The molecule has 54 valence electrons. The Balaban J connectivity index is 0.000000605. The maximum atomic E-state index is 5.16. The molecule has 0 saturated carbocycles. The van der Waals surface area contributed by atoms with E-state index >= 15 is 0 Å². The van der Waals surface area contributed by atoms with E-state index in [1.165, 1.54) is 5.56 Å². The van der Waals surface area contributed by atoms with Gasteiger partial charge in [-0.05, 0) is 24.6 Å². The van der Waals surface area contributed by atoms with Crippen LogP contribution in [0, 0.1) is 6.92 Å². The Labute approximate surface area is 110 Å². The van der Waals surface area contributed by atoms with Gasteiger partial charge in [-0.2, -0.15) is 0 Å². The summed E-state index contributed by atoms with van der Waals surface area (Å²) in [4.78, 5) is 0. The first-order valence-corrected chi connectivity index (χ1v) is 3.22. The monoisotopic (exact) mass is 176 g/mol. The van der Waals surface area contributed by atoms with Gasteiger partial charge in [0.05, 0.1) is 0 Å². The second kappa shape index (κ2) is 3.91. The van der Waals surface area contributed by atoms with E-state index in [0.717, 1.165) is 11.5 Å². The van der Waals surface area contributed by atoms with Gasteiger partial charge in [-0.15, -0.1) is 0 Å². The van der Waals surface area contributed by atoms with Gasteiger partial charge in [-0.25, -0.2) is 0 Å². The first-order chi connectivity index (χ1) is 4.86. The van der Waals surface area contributed by atoms with Gasteiger partial charge in [-0.3, -0.25) is 0 Å². The summed E-state index contributed by atoms with van der Waals surface area (Å²) in [5.74, 6) is 1.71. The fourth-order valence-corrected chi connectivity index (χ4v) is 1.00. The third-order valence-electron chi connectivity index (χ3n) is 1.53. The molecule has 3 heteroatoms. The number of hydrogen-bond acceptors (Lipinski definition) is 2. The van der Waals surface area contributed by atoms with Crippen LogP contribution >= 0.6 is 0 Å². The van der Waals surface area contributed by atoms with Crippen LogP contribution in [0.5, 0.6) is 11.5 Å². The molecule has 0 spiro atoms. The van der Waals surface area contributed by atoms with Crippen molar-refractivity contribution in [2.24, 2.45) is 0 Å². The molecule has 0 N–H and O–H groups in total. The molecule has 0 aromatic heterocycles. The summed E-state index contributed by atoms with van der Waals surface area (Å²) in [7, 11) is 0. The van der Waals surface area contributed by atoms with Crippen molar-refractivity contribution in [3.63, 3.8) is 0 Å². The molecule has 1 aliphatic heterocycles. The van der Waals surface area contributed by atoms with Crippen molar-refractivity contribution >= 4 is 0 Å². The molecule has 0 aliphatic carbocycles. The molecule has 0 saturated heterocycles. The number of benzene rings is 1. The van der Waals surface area contributed by atoms with E-state index in [0.29, 0.717) is 6.79 Å². The van der Waals surface area contributed by atoms with Crippen LogP contribution in [0.1, 0.15) is 6.99 Å². The molecule has 1 aliphatic rings. The zero-order chi connectivity index (χ0) is 6.97. The predicted molar refractivity (Wildman–Crippen MR) is 38.4 cm³/mol. The molecule has 2 rings (SSSR count). The van der Waals surface area contributed by atoms with Crippen LogP contribution in [0.3, 0.4) is 0 Å². The Bertz CT molecular complexity index is 265. The van der Waals surface area contributed by atoms with Crippen molar-refractivity contribution in [1.29, 1.82) is 0 Å². The maximum Gasteiger partial charge on any atom is 1.00 e. The number of fused-ring (bicyclic) bond motifs is 1. The third kappa shape index (κ3) is 1.98. The van der Waals surface area contributed by atoms with Crippen molar-refractivity contribution in [3.8, 4) is 11.5 Å². The van der Waals surface area contributed by atoms with E-state index < -0.39 is 0 Å². The maximum absolute atomic E-state index is 5.16. The van der Waals surface area contributed by atoms with E-state index in [9.17, 15) is 0 Å². The topological polar surface area (TPSA) is 18.5 Å². The van der Waals surface area contributed by atoms with Crippen molar-refractivity contribution in [2.75, 3.05) is 6.79 Å². The number of rotatable bonds is 0. The molecule has 0 amide bonds. The Morgan fingerprint density at radius 3 is 2.82 bits per heavy atom. The van der Waals surface area contributed by atoms with Gasteiger partial charge >= 0.3 is 51.4 Å². The summed E-state index contributed by atoms with van der Waals surface area (Å²) in [6.07, 6.45) is 0. The zero-order valence-electron chi connectivity index (χ0n) is 7.76. The van der Waals surface area contributed by atoms with Gasteiger partial charge in [0.2, 0.25) is 6.79 Å². The Morgan fingerprint density at radius 1 is 1.27 bits per heavy atom. The van der Waals surface area contributed by atoms with E-state index in [4.69, 9.17) is 9.47 Å². The molecular weight excluding hydrogens is 167 g/mol. The standard InChI is InChI=1S/C8H8O2.K.H/c1-6-2-3-7-8(4-6)10-5-9-7;;/h2-4H,5H2,1H3;;/q;+1;-1. The van der Waals surface area contributed by atoms with Gasteiger partial charge in [0.25, 0.3) is 0 Å². The van der Waals surface area contributed by atoms with E-state index in [1.54, 1.807) is 0 Å². The van der Waals surface area contributed by atoms with Crippen LogP contribution in [0.25, 0.3) is 0 Å². The first kappa shape index (κ1) is 9.54. The Kier molecular flexibility index (Phi) is 3.40. The van der Waals surface area contributed by atoms with Crippen molar-refractivity contribution < 1.29 is 62.3 Å². The van der Waals surface area contributed by atoms with Gasteiger partial charge in [0.1, 0.15) is 0 Å². The minimum absolute atomic E-state index is 0.